The van der Waals surface area contributed by atoms with E-state index in [1.165, 1.54) is 6.20 Å². The van der Waals surface area contributed by atoms with Crippen LogP contribution in [0.15, 0.2) is 6.20 Å². The first-order valence-electron chi connectivity index (χ1n) is 6.06. The molecule has 2 rings (SSSR count). The number of hydrogen-bond donors (Lipinski definition) is 0. The molecule has 100 valence electrons. The van der Waals surface area contributed by atoms with Gasteiger partial charge in [-0.2, -0.15) is 5.10 Å². The normalized spacial score (nSPS) is 17.0. The van der Waals surface area contributed by atoms with Crippen LogP contribution in [-0.4, -0.2) is 42.5 Å². The number of ether oxygens (including phenoxy) is 2. The van der Waals surface area contributed by atoms with E-state index in [0.29, 0.717) is 37.1 Å². The topological polar surface area (TPSA) is 53.4 Å². The van der Waals surface area contributed by atoms with Gasteiger partial charge in [0.05, 0.1) is 24.4 Å². The molecule has 0 unspecified atom stereocenters. The first-order chi connectivity index (χ1) is 8.74. The van der Waals surface area contributed by atoms with E-state index in [1.807, 2.05) is 0 Å². The fourth-order valence-corrected chi connectivity index (χ4v) is 2.34. The number of rotatable bonds is 5. The van der Waals surface area contributed by atoms with Gasteiger partial charge in [0.2, 0.25) is 0 Å². The van der Waals surface area contributed by atoms with Gasteiger partial charge in [0.1, 0.15) is 5.69 Å². The fourth-order valence-electron chi connectivity index (χ4n) is 2.11. The minimum absolute atomic E-state index is 0.00533. The van der Waals surface area contributed by atoms with Crippen molar-refractivity contribution in [2.45, 2.75) is 19.4 Å². The van der Waals surface area contributed by atoms with Gasteiger partial charge >= 0.3 is 0 Å². The Kier molecular flexibility index (Phi) is 4.74. The zero-order valence-corrected chi connectivity index (χ0v) is 11.2. The Labute approximate surface area is 111 Å². The molecule has 1 aromatic rings. The Hall–Kier alpha value is -0.910. The van der Waals surface area contributed by atoms with E-state index in [1.54, 1.807) is 11.8 Å². The Morgan fingerprint density at radius 3 is 3.00 bits per heavy atom. The molecule has 0 radical (unpaired) electrons. The second kappa shape index (κ2) is 6.31. The third-order valence-corrected chi connectivity index (χ3v) is 3.40. The molecule has 2 heterocycles. The highest BCUT2D eigenvalue weighted by Crippen LogP contribution is 2.24. The predicted octanol–water partition coefficient (Wildman–Crippen LogP) is 1.79. The molecular weight excluding hydrogens is 256 g/mol. The van der Waals surface area contributed by atoms with Crippen molar-refractivity contribution >= 4 is 17.4 Å². The Morgan fingerprint density at radius 1 is 1.61 bits per heavy atom. The average molecular weight is 273 g/mol. The van der Waals surface area contributed by atoms with Crippen LogP contribution in [0.3, 0.4) is 0 Å². The van der Waals surface area contributed by atoms with Crippen LogP contribution in [0.5, 0.6) is 0 Å². The van der Waals surface area contributed by atoms with Crippen LogP contribution in [0.25, 0.3) is 0 Å². The Morgan fingerprint density at radius 2 is 2.33 bits per heavy atom. The highest BCUT2D eigenvalue weighted by Gasteiger charge is 2.27. The number of aromatic nitrogens is 2. The standard InChI is InChI=1S/C12H17ClN2O3/c1-17-7-4-15-11(10(13)8-14-15)12(16)9-2-5-18-6-3-9/h8-9H,2-7H2,1H3. The zero-order chi connectivity index (χ0) is 13.0. The van der Waals surface area contributed by atoms with Gasteiger partial charge in [-0.25, -0.2) is 0 Å². The van der Waals surface area contributed by atoms with Crippen molar-refractivity contribution in [2.24, 2.45) is 5.92 Å². The van der Waals surface area contributed by atoms with E-state index in [0.717, 1.165) is 12.8 Å². The van der Waals surface area contributed by atoms with E-state index < -0.39 is 0 Å². The monoisotopic (exact) mass is 272 g/mol. The molecule has 0 N–H and O–H groups in total. The molecule has 6 heteroatoms. The summed E-state index contributed by atoms with van der Waals surface area (Å²) in [6, 6.07) is 0. The average Bonchev–Trinajstić information content (AvgIpc) is 2.77. The number of ketones is 1. The van der Waals surface area contributed by atoms with Crippen molar-refractivity contribution in [3.8, 4) is 0 Å². The molecule has 1 aliphatic rings. The van der Waals surface area contributed by atoms with Gasteiger partial charge in [-0.15, -0.1) is 0 Å². The van der Waals surface area contributed by atoms with Gasteiger partial charge < -0.3 is 9.47 Å². The molecule has 0 atom stereocenters. The third-order valence-electron chi connectivity index (χ3n) is 3.13. The minimum Gasteiger partial charge on any atom is -0.383 e. The molecule has 0 saturated carbocycles. The SMILES string of the molecule is COCCn1ncc(Cl)c1C(=O)C1CCOCC1. The van der Waals surface area contributed by atoms with Crippen LogP contribution in [0.1, 0.15) is 23.3 Å². The number of nitrogens with zero attached hydrogens (tertiary/aromatic N) is 2. The lowest BCUT2D eigenvalue weighted by molar-refractivity contribution is 0.0536. The van der Waals surface area contributed by atoms with Crippen LogP contribution in [0.2, 0.25) is 5.02 Å². The zero-order valence-electron chi connectivity index (χ0n) is 10.4. The van der Waals surface area contributed by atoms with Crippen LogP contribution in [-0.2, 0) is 16.0 Å². The summed E-state index contributed by atoms with van der Waals surface area (Å²) in [4.78, 5) is 12.4. The summed E-state index contributed by atoms with van der Waals surface area (Å²) in [5.74, 6) is 0.0612. The van der Waals surface area contributed by atoms with Gasteiger partial charge in [-0.05, 0) is 12.8 Å². The van der Waals surface area contributed by atoms with Gasteiger partial charge in [0, 0.05) is 26.2 Å². The maximum Gasteiger partial charge on any atom is 0.185 e. The molecule has 1 aliphatic heterocycles. The van der Waals surface area contributed by atoms with E-state index in [9.17, 15) is 4.79 Å². The number of methoxy groups -OCH3 is 1. The molecule has 1 saturated heterocycles. The number of halogens is 1. The van der Waals surface area contributed by atoms with E-state index in [2.05, 4.69) is 5.10 Å². The molecule has 0 amide bonds. The molecule has 18 heavy (non-hydrogen) atoms. The summed E-state index contributed by atoms with van der Waals surface area (Å²) in [6.45, 7) is 2.32. The maximum absolute atomic E-state index is 12.4. The summed E-state index contributed by atoms with van der Waals surface area (Å²) in [7, 11) is 1.62. The summed E-state index contributed by atoms with van der Waals surface area (Å²) in [5, 5.41) is 4.54. The highest BCUT2D eigenvalue weighted by atomic mass is 35.5. The lowest BCUT2D eigenvalue weighted by atomic mass is 9.93. The molecular formula is C12H17ClN2O3. The van der Waals surface area contributed by atoms with Crippen molar-refractivity contribution in [3.63, 3.8) is 0 Å². The van der Waals surface area contributed by atoms with E-state index in [4.69, 9.17) is 21.1 Å². The lowest BCUT2D eigenvalue weighted by Gasteiger charge is -2.21. The van der Waals surface area contributed by atoms with Gasteiger partial charge in [-0.1, -0.05) is 11.6 Å². The largest absolute Gasteiger partial charge is 0.383 e. The van der Waals surface area contributed by atoms with Crippen molar-refractivity contribution in [1.29, 1.82) is 0 Å². The first-order valence-corrected chi connectivity index (χ1v) is 6.44. The minimum atomic E-state index is -0.00533. The van der Waals surface area contributed by atoms with Crippen molar-refractivity contribution in [1.82, 2.24) is 9.78 Å². The second-order valence-electron chi connectivity index (χ2n) is 4.31. The van der Waals surface area contributed by atoms with Crippen LogP contribution < -0.4 is 0 Å². The summed E-state index contributed by atoms with van der Waals surface area (Å²) >= 11 is 6.06. The molecule has 5 nitrogen and oxygen atoms in total. The number of carbonyl (C=O) groups is 1. The summed E-state index contributed by atoms with van der Waals surface area (Å²) in [5.41, 5.74) is 0.501. The molecule has 0 aromatic carbocycles. The maximum atomic E-state index is 12.4. The highest BCUT2D eigenvalue weighted by molar-refractivity contribution is 6.33. The van der Waals surface area contributed by atoms with E-state index in [-0.39, 0.29) is 11.7 Å². The van der Waals surface area contributed by atoms with Gasteiger partial charge in [-0.3, -0.25) is 9.48 Å². The second-order valence-corrected chi connectivity index (χ2v) is 4.72. The van der Waals surface area contributed by atoms with Crippen LogP contribution in [0.4, 0.5) is 0 Å². The van der Waals surface area contributed by atoms with Crippen molar-refractivity contribution in [3.05, 3.63) is 16.9 Å². The third kappa shape index (κ3) is 2.91. The fraction of sp³-hybridized carbons (Fsp3) is 0.667. The number of Topliss-reactive ketones (excluding diaryl/α,β-unsaturated/α-hetero) is 1. The number of hydrogen-bond acceptors (Lipinski definition) is 4. The van der Waals surface area contributed by atoms with E-state index >= 15 is 0 Å². The van der Waals surface area contributed by atoms with Crippen LogP contribution >= 0.6 is 11.6 Å². The van der Waals surface area contributed by atoms with Crippen molar-refractivity contribution in [2.75, 3.05) is 26.9 Å². The predicted molar refractivity (Wildman–Crippen MR) is 67.0 cm³/mol. The number of carbonyl (C=O) groups excluding carboxylic acids is 1. The Bertz CT molecular complexity index is 413. The quantitative estimate of drug-likeness (QED) is 0.767. The molecule has 0 aliphatic carbocycles. The van der Waals surface area contributed by atoms with Crippen LogP contribution in [0, 0.1) is 5.92 Å². The van der Waals surface area contributed by atoms with Gasteiger partial charge in [0.15, 0.2) is 5.78 Å². The molecule has 0 spiro atoms. The first kappa shape index (κ1) is 13.5. The molecule has 0 bridgehead atoms. The Balaban J connectivity index is 2.14. The summed E-state index contributed by atoms with van der Waals surface area (Å²) in [6.07, 6.45) is 3.03. The van der Waals surface area contributed by atoms with Gasteiger partial charge in [0.25, 0.3) is 0 Å². The van der Waals surface area contributed by atoms with Crippen molar-refractivity contribution < 1.29 is 14.3 Å². The lowest BCUT2D eigenvalue weighted by Crippen LogP contribution is -2.26. The summed E-state index contributed by atoms with van der Waals surface area (Å²) < 4.78 is 11.9. The smallest absolute Gasteiger partial charge is 0.185 e. The molecule has 1 aromatic heterocycles. The molecule has 1 fully saturated rings.